The maximum absolute atomic E-state index is 11.8. The summed E-state index contributed by atoms with van der Waals surface area (Å²) in [6, 6.07) is -0.386. The van der Waals surface area contributed by atoms with Gasteiger partial charge >= 0.3 is 6.03 Å². The van der Waals surface area contributed by atoms with Gasteiger partial charge in [-0.15, -0.1) is 10.6 Å². The third-order valence-corrected chi connectivity index (χ3v) is 2.37. The number of nitrogens with zero attached hydrogens (tertiary/aromatic N) is 3. The standard InChI is InChI=1S/C7H14N6O3/c1-3-16-5-4(14)13(7(15)12(5)2)6-8-10-11-9-6/h4-5,10-11,14H,3H2,1-2H3,(H,8,9). The number of nitrogens with one attached hydrogen (secondary N) is 3. The number of carbonyl (C=O) groups is 1. The zero-order chi connectivity index (χ0) is 11.7. The molecule has 0 aromatic rings. The van der Waals surface area contributed by atoms with Gasteiger partial charge in [0.15, 0.2) is 12.5 Å². The molecule has 0 saturated carbocycles. The molecule has 2 atom stereocenters. The van der Waals surface area contributed by atoms with Crippen molar-refractivity contribution in [2.75, 3.05) is 13.7 Å². The fourth-order valence-electron chi connectivity index (χ4n) is 1.61. The van der Waals surface area contributed by atoms with Crippen molar-refractivity contribution in [1.29, 1.82) is 0 Å². The fraction of sp³-hybridized carbons (Fsp3) is 0.714. The zero-order valence-corrected chi connectivity index (χ0v) is 8.97. The van der Waals surface area contributed by atoms with E-state index in [0.717, 1.165) is 4.90 Å². The number of urea groups is 1. The summed E-state index contributed by atoms with van der Waals surface area (Å²) in [4.78, 5) is 14.2. The zero-order valence-electron chi connectivity index (χ0n) is 8.97. The topological polar surface area (TPSA) is 101 Å². The van der Waals surface area contributed by atoms with Crippen molar-refractivity contribution < 1.29 is 14.6 Å². The maximum atomic E-state index is 11.8. The van der Waals surface area contributed by atoms with Gasteiger partial charge < -0.3 is 9.84 Å². The van der Waals surface area contributed by atoms with E-state index in [9.17, 15) is 9.90 Å². The number of guanidine groups is 1. The molecule has 0 aromatic carbocycles. The lowest BCUT2D eigenvalue weighted by atomic mass is 10.4. The lowest BCUT2D eigenvalue weighted by Crippen LogP contribution is -2.49. The monoisotopic (exact) mass is 230 g/mol. The Balaban J connectivity index is 2.17. The number of carbonyl (C=O) groups excluding carboxylic acids is 1. The van der Waals surface area contributed by atoms with Crippen molar-refractivity contribution in [3.05, 3.63) is 0 Å². The molecule has 0 aliphatic carbocycles. The average Bonchev–Trinajstić information content (AvgIpc) is 2.83. The molecule has 1 saturated heterocycles. The van der Waals surface area contributed by atoms with Crippen LogP contribution in [0.2, 0.25) is 0 Å². The van der Waals surface area contributed by atoms with Crippen LogP contribution in [0.4, 0.5) is 4.79 Å². The Morgan fingerprint density at radius 3 is 2.94 bits per heavy atom. The minimum absolute atomic E-state index is 0.201. The Labute approximate surface area is 92.0 Å². The molecule has 0 bridgehead atoms. The minimum atomic E-state index is -1.09. The molecule has 9 nitrogen and oxygen atoms in total. The van der Waals surface area contributed by atoms with E-state index in [0.29, 0.717) is 6.61 Å². The molecule has 16 heavy (non-hydrogen) atoms. The normalized spacial score (nSPS) is 29.2. The van der Waals surface area contributed by atoms with Gasteiger partial charge in [0.25, 0.3) is 0 Å². The summed E-state index contributed by atoms with van der Waals surface area (Å²) in [7, 11) is 1.56. The van der Waals surface area contributed by atoms with Crippen molar-refractivity contribution in [1.82, 2.24) is 26.3 Å². The molecule has 2 rings (SSSR count). The second-order valence-electron chi connectivity index (χ2n) is 3.32. The van der Waals surface area contributed by atoms with Crippen LogP contribution in [-0.4, -0.2) is 53.0 Å². The van der Waals surface area contributed by atoms with Crippen LogP contribution in [0.3, 0.4) is 0 Å². The van der Waals surface area contributed by atoms with Crippen LogP contribution in [0.25, 0.3) is 0 Å². The van der Waals surface area contributed by atoms with Crippen LogP contribution in [0, 0.1) is 0 Å². The van der Waals surface area contributed by atoms with E-state index < -0.39 is 12.5 Å². The molecule has 2 unspecified atom stereocenters. The van der Waals surface area contributed by atoms with Crippen molar-refractivity contribution in [2.45, 2.75) is 19.4 Å². The summed E-state index contributed by atoms with van der Waals surface area (Å²) in [5.74, 6) is 0.201. The van der Waals surface area contributed by atoms with Crippen LogP contribution in [0.1, 0.15) is 6.92 Å². The maximum Gasteiger partial charge on any atom is 0.331 e. The summed E-state index contributed by atoms with van der Waals surface area (Å²) in [5, 5.41) is 13.7. The summed E-state index contributed by atoms with van der Waals surface area (Å²) >= 11 is 0. The molecule has 2 heterocycles. The molecule has 90 valence electrons. The van der Waals surface area contributed by atoms with Crippen LogP contribution < -0.4 is 16.5 Å². The molecule has 1 fully saturated rings. The SMILES string of the molecule is CCOC1C(O)N(C2=NNNN2)C(=O)N1C. The van der Waals surface area contributed by atoms with E-state index in [2.05, 4.69) is 21.6 Å². The van der Waals surface area contributed by atoms with Gasteiger partial charge in [-0.1, -0.05) is 0 Å². The van der Waals surface area contributed by atoms with Crippen LogP contribution in [-0.2, 0) is 4.74 Å². The first-order valence-electron chi connectivity index (χ1n) is 4.86. The number of aliphatic hydroxyl groups excluding tert-OH is 1. The van der Waals surface area contributed by atoms with E-state index in [4.69, 9.17) is 4.74 Å². The average molecular weight is 230 g/mol. The first-order chi connectivity index (χ1) is 7.66. The Hall–Kier alpha value is -1.58. The van der Waals surface area contributed by atoms with Crippen LogP contribution in [0.15, 0.2) is 5.10 Å². The Morgan fingerprint density at radius 1 is 1.62 bits per heavy atom. The van der Waals surface area contributed by atoms with Gasteiger partial charge in [-0.05, 0) is 6.92 Å². The minimum Gasteiger partial charge on any atom is -0.369 e. The fourth-order valence-corrected chi connectivity index (χ4v) is 1.61. The van der Waals surface area contributed by atoms with Gasteiger partial charge in [0.05, 0.1) is 0 Å². The highest BCUT2D eigenvalue weighted by molar-refractivity contribution is 5.98. The van der Waals surface area contributed by atoms with E-state index in [1.54, 1.807) is 14.0 Å². The number of rotatable bonds is 2. The predicted molar refractivity (Wildman–Crippen MR) is 53.3 cm³/mol. The molecule has 2 aliphatic heterocycles. The summed E-state index contributed by atoms with van der Waals surface area (Å²) in [6.45, 7) is 2.20. The van der Waals surface area contributed by atoms with Crippen molar-refractivity contribution in [3.63, 3.8) is 0 Å². The summed E-state index contributed by atoms with van der Waals surface area (Å²) in [6.07, 6.45) is -1.78. The van der Waals surface area contributed by atoms with E-state index in [-0.39, 0.29) is 12.0 Å². The highest BCUT2D eigenvalue weighted by atomic mass is 16.5. The summed E-state index contributed by atoms with van der Waals surface area (Å²) < 4.78 is 5.28. The third kappa shape index (κ3) is 1.54. The van der Waals surface area contributed by atoms with Gasteiger partial charge in [0.1, 0.15) is 0 Å². The summed E-state index contributed by atoms with van der Waals surface area (Å²) in [5.41, 5.74) is 7.49. The number of likely N-dealkylation sites (N-methyl/N-ethyl adjacent to an activating group) is 1. The highest BCUT2D eigenvalue weighted by Gasteiger charge is 2.46. The van der Waals surface area contributed by atoms with E-state index >= 15 is 0 Å². The van der Waals surface area contributed by atoms with Crippen LogP contribution in [0.5, 0.6) is 0 Å². The van der Waals surface area contributed by atoms with Gasteiger partial charge in [-0.2, -0.15) is 0 Å². The largest absolute Gasteiger partial charge is 0.369 e. The van der Waals surface area contributed by atoms with Gasteiger partial charge in [0.2, 0.25) is 5.96 Å². The predicted octanol–water partition coefficient (Wildman–Crippen LogP) is -2.08. The van der Waals surface area contributed by atoms with Crippen molar-refractivity contribution >= 4 is 12.0 Å². The molecular weight excluding hydrogens is 216 g/mol. The van der Waals surface area contributed by atoms with Crippen molar-refractivity contribution in [3.8, 4) is 0 Å². The third-order valence-electron chi connectivity index (χ3n) is 2.37. The second kappa shape index (κ2) is 4.12. The number of amides is 2. The number of hydrazone groups is 1. The molecule has 2 aliphatic rings. The smallest absolute Gasteiger partial charge is 0.331 e. The number of hydrogen-bond donors (Lipinski definition) is 4. The van der Waals surface area contributed by atoms with Crippen molar-refractivity contribution in [2.24, 2.45) is 5.10 Å². The molecule has 9 heteroatoms. The van der Waals surface area contributed by atoms with Crippen LogP contribution >= 0.6 is 0 Å². The van der Waals surface area contributed by atoms with E-state index in [1.165, 1.54) is 4.90 Å². The molecule has 2 amide bonds. The molecule has 0 radical (unpaired) electrons. The molecular formula is C7H14N6O3. The number of ether oxygens (including phenoxy) is 1. The molecule has 0 aromatic heterocycles. The quantitative estimate of drug-likeness (QED) is 0.434. The Bertz CT molecular complexity index is 321. The first-order valence-corrected chi connectivity index (χ1v) is 4.86. The second-order valence-corrected chi connectivity index (χ2v) is 3.32. The lowest BCUT2D eigenvalue weighted by molar-refractivity contribution is -0.0889. The number of aliphatic hydroxyl groups is 1. The number of hydrazine groups is 2. The molecule has 0 spiro atoms. The lowest BCUT2D eigenvalue weighted by Gasteiger charge is -2.20. The number of hydrogen-bond acceptors (Lipinski definition) is 7. The van der Waals surface area contributed by atoms with E-state index in [1.807, 2.05) is 0 Å². The Morgan fingerprint density at radius 2 is 2.38 bits per heavy atom. The highest BCUT2D eigenvalue weighted by Crippen LogP contribution is 2.20. The Kier molecular flexibility index (Phi) is 2.81. The first kappa shape index (κ1) is 10.9. The molecule has 4 N–H and O–H groups in total. The van der Waals surface area contributed by atoms with Gasteiger partial charge in [0, 0.05) is 13.7 Å². The van der Waals surface area contributed by atoms with Gasteiger partial charge in [-0.3, -0.25) is 10.3 Å². The van der Waals surface area contributed by atoms with Gasteiger partial charge in [-0.25, -0.2) is 15.2 Å².